The molecule has 0 saturated heterocycles. The molecule has 3 nitrogen and oxygen atoms in total. The molecule has 0 spiro atoms. The lowest BCUT2D eigenvalue weighted by atomic mass is 10.2. The van der Waals surface area contributed by atoms with Gasteiger partial charge in [0, 0.05) is 9.37 Å². The smallest absolute Gasteiger partial charge is 0.179 e. The van der Waals surface area contributed by atoms with Crippen LogP contribution in [0.2, 0.25) is 0 Å². The minimum Gasteiger partial charge on any atom is -0.330 e. The van der Waals surface area contributed by atoms with Gasteiger partial charge in [-0.3, -0.25) is 0 Å². The van der Waals surface area contributed by atoms with E-state index in [0.717, 1.165) is 25.1 Å². The van der Waals surface area contributed by atoms with Gasteiger partial charge in [-0.05, 0) is 53.5 Å². The number of aryl methyl sites for hydroxylation is 1. The van der Waals surface area contributed by atoms with E-state index in [2.05, 4.69) is 44.3 Å². The number of nitrogens with two attached hydrogens (primary N) is 1. The Morgan fingerprint density at radius 2 is 2.24 bits per heavy atom. The van der Waals surface area contributed by atoms with Crippen LogP contribution in [0.15, 0.2) is 31.9 Å². The Bertz CT molecular complexity index is 513. The Morgan fingerprint density at radius 3 is 2.82 bits per heavy atom. The zero-order chi connectivity index (χ0) is 12.3. The number of benzene rings is 1. The predicted octanol–water partition coefficient (Wildman–Crippen LogP) is 3.26. The first-order valence-corrected chi connectivity index (χ1v) is 7.58. The van der Waals surface area contributed by atoms with Crippen molar-refractivity contribution >= 4 is 39.0 Å². The van der Waals surface area contributed by atoms with Crippen LogP contribution in [0.4, 0.5) is 0 Å². The van der Waals surface area contributed by atoms with Gasteiger partial charge >= 0.3 is 0 Å². The van der Waals surface area contributed by atoms with Crippen molar-refractivity contribution in [3.05, 3.63) is 33.2 Å². The number of rotatable bonds is 4. The highest BCUT2D eigenvalue weighted by atomic mass is 79.9. The maximum atomic E-state index is 5.54. The number of halogens is 1. The van der Waals surface area contributed by atoms with Crippen molar-refractivity contribution in [1.29, 1.82) is 0 Å². The molecule has 0 aliphatic heterocycles. The van der Waals surface area contributed by atoms with E-state index >= 15 is 0 Å². The minimum absolute atomic E-state index is 0.675. The summed E-state index contributed by atoms with van der Waals surface area (Å²) >= 11 is 6.81. The van der Waals surface area contributed by atoms with Crippen molar-refractivity contribution in [1.82, 2.24) is 10.2 Å². The summed E-state index contributed by atoms with van der Waals surface area (Å²) in [5.74, 6) is 0. The molecule has 1 aromatic carbocycles. The van der Waals surface area contributed by atoms with Crippen LogP contribution in [0, 0.1) is 6.92 Å². The Hall–Kier alpha value is -0.430. The molecular formula is C11H12BrN3S2. The fraction of sp³-hybridized carbons (Fsp3) is 0.273. The first-order valence-electron chi connectivity index (χ1n) is 5.15. The monoisotopic (exact) mass is 329 g/mol. The van der Waals surface area contributed by atoms with E-state index in [0.29, 0.717) is 6.54 Å². The molecule has 90 valence electrons. The van der Waals surface area contributed by atoms with Crippen molar-refractivity contribution in [3.8, 4) is 0 Å². The molecule has 1 aromatic heterocycles. The van der Waals surface area contributed by atoms with Crippen molar-refractivity contribution in [2.24, 2.45) is 5.73 Å². The molecule has 0 radical (unpaired) electrons. The Morgan fingerprint density at radius 1 is 1.41 bits per heavy atom. The summed E-state index contributed by atoms with van der Waals surface area (Å²) in [6.07, 6.45) is 0.904. The molecule has 2 aromatic rings. The average Bonchev–Trinajstić information content (AvgIpc) is 2.69. The van der Waals surface area contributed by atoms with Gasteiger partial charge in [0.1, 0.15) is 5.01 Å². The van der Waals surface area contributed by atoms with Crippen LogP contribution in [0.25, 0.3) is 0 Å². The molecule has 0 saturated carbocycles. The third-order valence-electron chi connectivity index (χ3n) is 2.13. The van der Waals surface area contributed by atoms with Crippen LogP contribution in [0.1, 0.15) is 10.6 Å². The second kappa shape index (κ2) is 5.95. The first-order chi connectivity index (χ1) is 8.19. The SMILES string of the molecule is Cc1nnc(Sc2ccc(CCN)cc2Br)s1. The molecule has 0 amide bonds. The highest BCUT2D eigenvalue weighted by molar-refractivity contribution is 9.10. The maximum Gasteiger partial charge on any atom is 0.179 e. The number of hydrogen-bond acceptors (Lipinski definition) is 5. The summed E-state index contributed by atoms with van der Waals surface area (Å²) in [6, 6.07) is 6.31. The summed E-state index contributed by atoms with van der Waals surface area (Å²) < 4.78 is 2.05. The van der Waals surface area contributed by atoms with Crippen LogP contribution in [0.3, 0.4) is 0 Å². The summed E-state index contributed by atoms with van der Waals surface area (Å²) in [6.45, 7) is 2.63. The largest absolute Gasteiger partial charge is 0.330 e. The lowest BCUT2D eigenvalue weighted by Crippen LogP contribution is -2.02. The van der Waals surface area contributed by atoms with Gasteiger partial charge in [0.25, 0.3) is 0 Å². The van der Waals surface area contributed by atoms with Crippen LogP contribution >= 0.6 is 39.0 Å². The van der Waals surface area contributed by atoms with E-state index in [1.807, 2.05) is 6.92 Å². The maximum absolute atomic E-state index is 5.54. The van der Waals surface area contributed by atoms with Gasteiger partial charge < -0.3 is 5.73 Å². The lowest BCUT2D eigenvalue weighted by molar-refractivity contribution is 0.964. The second-order valence-electron chi connectivity index (χ2n) is 3.49. The van der Waals surface area contributed by atoms with Gasteiger partial charge in [0.15, 0.2) is 4.34 Å². The van der Waals surface area contributed by atoms with E-state index in [1.54, 1.807) is 23.1 Å². The molecule has 0 fully saturated rings. The van der Waals surface area contributed by atoms with Crippen molar-refractivity contribution in [2.75, 3.05) is 6.54 Å². The van der Waals surface area contributed by atoms with E-state index in [4.69, 9.17) is 5.73 Å². The fourth-order valence-corrected chi connectivity index (χ4v) is 3.81. The van der Waals surface area contributed by atoms with Crippen molar-refractivity contribution in [3.63, 3.8) is 0 Å². The number of aromatic nitrogens is 2. The standard InChI is InChI=1S/C11H12BrN3S2/c1-7-14-15-11(16-7)17-10-3-2-8(4-5-13)6-9(10)12/h2-3,6H,4-5,13H2,1H3. The van der Waals surface area contributed by atoms with Gasteiger partial charge in [-0.2, -0.15) is 0 Å². The fourth-order valence-electron chi connectivity index (χ4n) is 1.36. The summed E-state index contributed by atoms with van der Waals surface area (Å²) in [7, 11) is 0. The normalized spacial score (nSPS) is 10.8. The highest BCUT2D eigenvalue weighted by Gasteiger charge is 2.07. The van der Waals surface area contributed by atoms with Crippen molar-refractivity contribution in [2.45, 2.75) is 22.6 Å². The molecule has 6 heteroatoms. The topological polar surface area (TPSA) is 51.8 Å². The van der Waals surface area contributed by atoms with E-state index < -0.39 is 0 Å². The third-order valence-corrected chi connectivity index (χ3v) is 5.02. The number of nitrogens with zero attached hydrogens (tertiary/aromatic N) is 2. The first kappa shape index (κ1) is 13.0. The quantitative estimate of drug-likeness (QED) is 0.935. The van der Waals surface area contributed by atoms with Gasteiger partial charge in [-0.25, -0.2) is 0 Å². The van der Waals surface area contributed by atoms with Crippen LogP contribution in [-0.2, 0) is 6.42 Å². The summed E-state index contributed by atoms with van der Waals surface area (Å²) in [4.78, 5) is 1.15. The van der Waals surface area contributed by atoms with E-state index in [-0.39, 0.29) is 0 Å². The molecule has 0 aliphatic rings. The average molecular weight is 330 g/mol. The second-order valence-corrected chi connectivity index (χ2v) is 6.82. The highest BCUT2D eigenvalue weighted by Crippen LogP contribution is 2.35. The summed E-state index contributed by atoms with van der Waals surface area (Å²) in [5, 5.41) is 9.10. The van der Waals surface area contributed by atoms with Gasteiger partial charge in [-0.15, -0.1) is 10.2 Å². The van der Waals surface area contributed by atoms with Crippen LogP contribution in [-0.4, -0.2) is 16.7 Å². The molecule has 0 aliphatic carbocycles. The summed E-state index contributed by atoms with van der Waals surface area (Å²) in [5.41, 5.74) is 6.79. The van der Waals surface area contributed by atoms with Gasteiger partial charge in [0.05, 0.1) is 0 Å². The Labute approximate surface area is 117 Å². The van der Waals surface area contributed by atoms with Crippen LogP contribution in [0.5, 0.6) is 0 Å². The molecule has 0 atom stereocenters. The van der Waals surface area contributed by atoms with Crippen molar-refractivity contribution < 1.29 is 0 Å². The molecule has 2 rings (SSSR count). The molecule has 0 unspecified atom stereocenters. The number of hydrogen-bond donors (Lipinski definition) is 1. The van der Waals surface area contributed by atoms with E-state index in [9.17, 15) is 0 Å². The molecule has 17 heavy (non-hydrogen) atoms. The van der Waals surface area contributed by atoms with Gasteiger partial charge in [-0.1, -0.05) is 29.2 Å². The van der Waals surface area contributed by atoms with Gasteiger partial charge in [0.2, 0.25) is 0 Å². The van der Waals surface area contributed by atoms with E-state index in [1.165, 1.54) is 5.56 Å². The Balaban J connectivity index is 2.16. The zero-order valence-electron chi connectivity index (χ0n) is 9.31. The predicted molar refractivity (Wildman–Crippen MR) is 75.7 cm³/mol. The lowest BCUT2D eigenvalue weighted by Gasteiger charge is -2.04. The molecular weight excluding hydrogens is 318 g/mol. The molecule has 0 bridgehead atoms. The minimum atomic E-state index is 0.675. The molecule has 1 heterocycles. The zero-order valence-corrected chi connectivity index (χ0v) is 12.5. The molecule has 2 N–H and O–H groups in total. The Kier molecular flexibility index (Phi) is 4.55. The third kappa shape index (κ3) is 3.51. The van der Waals surface area contributed by atoms with Crippen LogP contribution < -0.4 is 5.73 Å².